The summed E-state index contributed by atoms with van der Waals surface area (Å²) in [5.74, 6) is 0. The van der Waals surface area contributed by atoms with Gasteiger partial charge in [0.1, 0.15) is 6.07 Å². The largest absolute Gasteiger partial charge is 0.309 e. The van der Waals surface area contributed by atoms with Gasteiger partial charge in [-0.1, -0.05) is 91.0 Å². The predicted molar refractivity (Wildman–Crippen MR) is 200 cm³/mol. The third kappa shape index (κ3) is 4.31. The summed E-state index contributed by atoms with van der Waals surface area (Å²) in [6.45, 7) is 0. The van der Waals surface area contributed by atoms with Gasteiger partial charge in [0.2, 0.25) is 0 Å². The molecule has 0 saturated carbocycles. The van der Waals surface area contributed by atoms with Crippen molar-refractivity contribution in [3.05, 3.63) is 168 Å². The van der Waals surface area contributed by atoms with Gasteiger partial charge in [0.05, 0.1) is 56.6 Å². The molecule has 0 spiro atoms. The van der Waals surface area contributed by atoms with Crippen molar-refractivity contribution in [2.45, 2.75) is 0 Å². The molecule has 2 heterocycles. The maximum absolute atomic E-state index is 10.5. The van der Waals surface area contributed by atoms with Crippen molar-refractivity contribution in [1.82, 2.24) is 9.13 Å². The van der Waals surface area contributed by atoms with Gasteiger partial charge in [-0.25, -0.2) is 0 Å². The zero-order valence-corrected chi connectivity index (χ0v) is 26.7. The van der Waals surface area contributed by atoms with E-state index in [9.17, 15) is 15.8 Å². The van der Waals surface area contributed by atoms with Crippen LogP contribution >= 0.6 is 0 Å². The molecule has 0 fully saturated rings. The molecule has 9 aromatic rings. The van der Waals surface area contributed by atoms with Gasteiger partial charge in [-0.15, -0.1) is 0 Å². The second kappa shape index (κ2) is 11.4. The lowest BCUT2D eigenvalue weighted by Gasteiger charge is -2.17. The Morgan fingerprint density at radius 2 is 0.980 bits per heavy atom. The van der Waals surface area contributed by atoms with Crippen LogP contribution < -0.4 is 0 Å². The average Bonchev–Trinajstić information content (AvgIpc) is 3.69. The third-order valence-electron chi connectivity index (χ3n) is 9.63. The van der Waals surface area contributed by atoms with Crippen molar-refractivity contribution in [1.29, 1.82) is 15.8 Å². The van der Waals surface area contributed by atoms with E-state index < -0.39 is 0 Å². The van der Waals surface area contributed by atoms with Crippen molar-refractivity contribution in [3.8, 4) is 51.8 Å². The summed E-state index contributed by atoms with van der Waals surface area (Å²) in [6, 6.07) is 57.7. The lowest BCUT2D eigenvalue weighted by atomic mass is 9.93. The lowest BCUT2D eigenvalue weighted by Crippen LogP contribution is -2.01. The van der Waals surface area contributed by atoms with E-state index in [2.05, 4.69) is 75.9 Å². The van der Waals surface area contributed by atoms with Gasteiger partial charge in [-0.3, -0.25) is 0 Å². The molecule has 5 nitrogen and oxygen atoms in total. The van der Waals surface area contributed by atoms with E-state index >= 15 is 0 Å². The highest BCUT2D eigenvalue weighted by Crippen LogP contribution is 2.40. The number of nitrogens with zero attached hydrogens (tertiary/aromatic N) is 5. The molecular weight excluding hydrogens is 611 g/mol. The molecule has 9 rings (SSSR count). The standard InChI is InChI=1S/C45H25N5/c46-26-29-19-22-44-40(23-29)39-14-3-4-16-41(39)49(44)34-11-7-9-30(25-34)35-21-20-31(24-33(35)28-48)36-15-8-10-32(27-47)45(36)50-42-17-5-1-12-37(42)38-13-2-6-18-43(38)50/h1-25H. The summed E-state index contributed by atoms with van der Waals surface area (Å²) in [4.78, 5) is 0. The summed E-state index contributed by atoms with van der Waals surface area (Å²) in [6.07, 6.45) is 0. The molecule has 0 aliphatic rings. The monoisotopic (exact) mass is 635 g/mol. The Morgan fingerprint density at radius 1 is 0.380 bits per heavy atom. The van der Waals surface area contributed by atoms with Crippen LogP contribution in [0.15, 0.2) is 152 Å². The number of hydrogen-bond acceptors (Lipinski definition) is 3. The molecule has 2 aromatic heterocycles. The highest BCUT2D eigenvalue weighted by Gasteiger charge is 2.20. The molecule has 5 heteroatoms. The Hall–Kier alpha value is -7.39. The minimum atomic E-state index is 0.538. The Kier molecular flexibility index (Phi) is 6.56. The molecule has 230 valence electrons. The van der Waals surface area contributed by atoms with Gasteiger partial charge in [0, 0.05) is 32.8 Å². The number of para-hydroxylation sites is 4. The van der Waals surface area contributed by atoms with E-state index in [-0.39, 0.29) is 0 Å². The molecular formula is C45H25N5. The van der Waals surface area contributed by atoms with E-state index in [4.69, 9.17) is 0 Å². The Bertz CT molecular complexity index is 2920. The first-order chi connectivity index (χ1) is 24.7. The Balaban J connectivity index is 1.21. The van der Waals surface area contributed by atoms with Crippen LogP contribution in [0.3, 0.4) is 0 Å². The van der Waals surface area contributed by atoms with Gasteiger partial charge in [-0.2, -0.15) is 15.8 Å². The SMILES string of the molecule is N#Cc1ccc2c(c1)c1ccccc1n2-c1cccc(-c2ccc(-c3cccc(C#N)c3-n3c4ccccc4c4ccccc43)cc2C#N)c1. The molecule has 0 unspecified atom stereocenters. The van der Waals surface area contributed by atoms with E-state index in [0.717, 1.165) is 77.2 Å². The molecule has 0 N–H and O–H groups in total. The van der Waals surface area contributed by atoms with E-state index in [1.54, 1.807) is 0 Å². The van der Waals surface area contributed by atoms with Crippen LogP contribution in [0.25, 0.3) is 77.2 Å². The van der Waals surface area contributed by atoms with Crippen molar-refractivity contribution in [2.75, 3.05) is 0 Å². The molecule has 0 atom stereocenters. The highest BCUT2D eigenvalue weighted by atomic mass is 15.0. The van der Waals surface area contributed by atoms with Gasteiger partial charge in [-0.05, 0) is 77.4 Å². The molecule has 0 aliphatic heterocycles. The molecule has 0 radical (unpaired) electrons. The minimum Gasteiger partial charge on any atom is -0.309 e. The van der Waals surface area contributed by atoms with Crippen molar-refractivity contribution in [2.24, 2.45) is 0 Å². The third-order valence-corrected chi connectivity index (χ3v) is 9.63. The first-order valence-electron chi connectivity index (χ1n) is 16.3. The van der Waals surface area contributed by atoms with Crippen molar-refractivity contribution >= 4 is 43.6 Å². The smallest absolute Gasteiger partial charge is 0.101 e. The predicted octanol–water partition coefficient (Wildman–Crippen LogP) is 10.8. The van der Waals surface area contributed by atoms with Gasteiger partial charge in [0.15, 0.2) is 0 Å². The van der Waals surface area contributed by atoms with Crippen LogP contribution in [0.4, 0.5) is 0 Å². The highest BCUT2D eigenvalue weighted by molar-refractivity contribution is 6.11. The van der Waals surface area contributed by atoms with Gasteiger partial charge in [0.25, 0.3) is 0 Å². The number of rotatable bonds is 4. The Labute approximate surface area is 287 Å². The summed E-state index contributed by atoms with van der Waals surface area (Å²) in [7, 11) is 0. The van der Waals surface area contributed by atoms with Crippen molar-refractivity contribution < 1.29 is 0 Å². The number of nitriles is 3. The first-order valence-corrected chi connectivity index (χ1v) is 16.3. The quantitative estimate of drug-likeness (QED) is 0.193. The first kappa shape index (κ1) is 28.8. The molecule has 0 bridgehead atoms. The molecule has 0 amide bonds. The molecule has 50 heavy (non-hydrogen) atoms. The maximum Gasteiger partial charge on any atom is 0.101 e. The summed E-state index contributed by atoms with van der Waals surface area (Å²) in [5, 5.41) is 34.8. The number of hydrogen-bond donors (Lipinski definition) is 0. The topological polar surface area (TPSA) is 81.2 Å². The zero-order valence-electron chi connectivity index (χ0n) is 26.7. The summed E-state index contributed by atoms with van der Waals surface area (Å²) in [5.41, 5.74) is 11.0. The maximum atomic E-state index is 10.5. The molecule has 0 saturated heterocycles. The Morgan fingerprint density at radius 3 is 1.66 bits per heavy atom. The summed E-state index contributed by atoms with van der Waals surface area (Å²) < 4.78 is 4.38. The number of benzene rings is 7. The number of fused-ring (bicyclic) bond motifs is 6. The zero-order chi connectivity index (χ0) is 33.8. The average molecular weight is 636 g/mol. The minimum absolute atomic E-state index is 0.538. The second-order valence-corrected chi connectivity index (χ2v) is 12.3. The van der Waals surface area contributed by atoms with Crippen molar-refractivity contribution in [3.63, 3.8) is 0 Å². The van der Waals surface area contributed by atoms with Gasteiger partial charge >= 0.3 is 0 Å². The van der Waals surface area contributed by atoms with Crippen LogP contribution in [-0.4, -0.2) is 9.13 Å². The molecule has 0 aliphatic carbocycles. The fraction of sp³-hybridized carbons (Fsp3) is 0. The fourth-order valence-corrected chi connectivity index (χ4v) is 7.46. The lowest BCUT2D eigenvalue weighted by molar-refractivity contribution is 1.17. The normalized spacial score (nSPS) is 11.1. The van der Waals surface area contributed by atoms with E-state index in [0.29, 0.717) is 16.7 Å². The number of aromatic nitrogens is 2. The van der Waals surface area contributed by atoms with Gasteiger partial charge < -0.3 is 9.13 Å². The van der Waals surface area contributed by atoms with E-state index in [1.807, 2.05) is 103 Å². The van der Waals surface area contributed by atoms with Crippen LogP contribution in [-0.2, 0) is 0 Å². The van der Waals surface area contributed by atoms with Crippen LogP contribution in [0.5, 0.6) is 0 Å². The second-order valence-electron chi connectivity index (χ2n) is 12.3. The molecule has 7 aromatic carbocycles. The van der Waals surface area contributed by atoms with Crippen LogP contribution in [0, 0.1) is 34.0 Å². The van der Waals surface area contributed by atoms with E-state index in [1.165, 1.54) is 0 Å². The fourth-order valence-electron chi connectivity index (χ4n) is 7.46. The van der Waals surface area contributed by atoms with Crippen LogP contribution in [0.1, 0.15) is 16.7 Å². The summed E-state index contributed by atoms with van der Waals surface area (Å²) >= 11 is 0. The van der Waals surface area contributed by atoms with Crippen LogP contribution in [0.2, 0.25) is 0 Å².